The van der Waals surface area contributed by atoms with Crippen molar-refractivity contribution in [3.8, 4) is 0 Å². The first-order chi connectivity index (χ1) is 6.68. The zero-order valence-electron chi connectivity index (χ0n) is 7.92. The topological polar surface area (TPSA) is 63.3 Å². The summed E-state index contributed by atoms with van der Waals surface area (Å²) in [7, 11) is 0. The van der Waals surface area contributed by atoms with Gasteiger partial charge in [-0.05, 0) is 48.9 Å². The molecule has 0 amide bonds. The molecule has 0 spiro atoms. The highest BCUT2D eigenvalue weighted by Gasteiger charge is 2.15. The summed E-state index contributed by atoms with van der Waals surface area (Å²) in [6.45, 7) is 0. The third-order valence-corrected chi connectivity index (χ3v) is 2.75. The van der Waals surface area contributed by atoms with E-state index in [4.69, 9.17) is 10.8 Å². The van der Waals surface area contributed by atoms with Crippen LogP contribution >= 0.6 is 0 Å². The molecule has 1 aromatic carbocycles. The predicted octanol–water partition coefficient (Wildman–Crippen LogP) is 1.85. The van der Waals surface area contributed by atoms with E-state index < -0.39 is 5.97 Å². The molecule has 0 radical (unpaired) electrons. The van der Waals surface area contributed by atoms with Crippen molar-refractivity contribution in [3.05, 3.63) is 28.8 Å². The van der Waals surface area contributed by atoms with Crippen LogP contribution in [0.3, 0.4) is 0 Å². The highest BCUT2D eigenvalue weighted by Crippen LogP contribution is 2.27. The first-order valence-electron chi connectivity index (χ1n) is 4.83. The van der Waals surface area contributed by atoms with E-state index >= 15 is 0 Å². The molecule has 3 nitrogen and oxygen atoms in total. The number of nitrogens with two attached hydrogens (primary N) is 1. The van der Waals surface area contributed by atoms with Crippen LogP contribution in [0.15, 0.2) is 12.1 Å². The van der Waals surface area contributed by atoms with Crippen molar-refractivity contribution in [2.24, 2.45) is 0 Å². The summed E-state index contributed by atoms with van der Waals surface area (Å²) in [5.41, 5.74) is 9.04. The molecule has 3 N–H and O–H groups in total. The number of anilines is 1. The van der Waals surface area contributed by atoms with Crippen molar-refractivity contribution < 1.29 is 9.90 Å². The molecular weight excluding hydrogens is 178 g/mol. The minimum Gasteiger partial charge on any atom is -0.478 e. The maximum Gasteiger partial charge on any atom is 0.335 e. The summed E-state index contributed by atoms with van der Waals surface area (Å²) in [5.74, 6) is -0.898. The number of carboxylic acids is 1. The molecule has 0 atom stereocenters. The summed E-state index contributed by atoms with van der Waals surface area (Å²) in [6.07, 6.45) is 4.24. The van der Waals surface area contributed by atoms with Crippen LogP contribution < -0.4 is 5.73 Å². The van der Waals surface area contributed by atoms with Gasteiger partial charge in [0.2, 0.25) is 0 Å². The molecule has 0 fully saturated rings. The lowest BCUT2D eigenvalue weighted by Gasteiger charge is -2.18. The van der Waals surface area contributed by atoms with Gasteiger partial charge in [0.25, 0.3) is 0 Å². The van der Waals surface area contributed by atoms with Crippen molar-refractivity contribution in [1.82, 2.24) is 0 Å². The van der Waals surface area contributed by atoms with E-state index in [0.717, 1.165) is 36.8 Å². The molecule has 2 rings (SSSR count). The third kappa shape index (κ3) is 1.45. The second-order valence-corrected chi connectivity index (χ2v) is 3.72. The zero-order valence-corrected chi connectivity index (χ0v) is 7.92. The van der Waals surface area contributed by atoms with Crippen LogP contribution in [0.1, 0.15) is 34.3 Å². The van der Waals surface area contributed by atoms with Gasteiger partial charge in [0, 0.05) is 5.69 Å². The second kappa shape index (κ2) is 3.33. The van der Waals surface area contributed by atoms with Crippen LogP contribution in [0.5, 0.6) is 0 Å². The van der Waals surface area contributed by atoms with Crippen LogP contribution in [0.25, 0.3) is 0 Å². The lowest BCUT2D eigenvalue weighted by molar-refractivity contribution is 0.0697. The molecule has 1 aromatic rings. The number of carboxylic acid groups (broad SMARTS) is 1. The zero-order chi connectivity index (χ0) is 10.1. The SMILES string of the molecule is Nc1cc(C(=O)O)cc2c1CCCC2. The van der Waals surface area contributed by atoms with Crippen molar-refractivity contribution >= 4 is 11.7 Å². The lowest BCUT2D eigenvalue weighted by Crippen LogP contribution is -2.09. The van der Waals surface area contributed by atoms with E-state index in [0.29, 0.717) is 11.3 Å². The molecule has 1 aliphatic rings. The number of aryl methyl sites for hydroxylation is 1. The number of carbonyl (C=O) groups is 1. The maximum atomic E-state index is 10.8. The van der Waals surface area contributed by atoms with E-state index in [1.165, 1.54) is 0 Å². The molecule has 0 aromatic heterocycles. The average Bonchev–Trinajstić information content (AvgIpc) is 2.17. The maximum absolute atomic E-state index is 10.8. The first-order valence-corrected chi connectivity index (χ1v) is 4.83. The number of hydrogen-bond donors (Lipinski definition) is 2. The second-order valence-electron chi connectivity index (χ2n) is 3.72. The van der Waals surface area contributed by atoms with Gasteiger partial charge in [-0.2, -0.15) is 0 Å². The Kier molecular flexibility index (Phi) is 2.15. The highest BCUT2D eigenvalue weighted by atomic mass is 16.4. The molecule has 1 aliphatic carbocycles. The Morgan fingerprint density at radius 1 is 1.29 bits per heavy atom. The molecule has 0 saturated heterocycles. The minimum absolute atomic E-state index is 0.308. The Bertz CT molecular complexity index is 385. The van der Waals surface area contributed by atoms with E-state index in [-0.39, 0.29) is 0 Å². The fourth-order valence-electron chi connectivity index (χ4n) is 2.03. The van der Waals surface area contributed by atoms with E-state index in [2.05, 4.69) is 0 Å². The van der Waals surface area contributed by atoms with Gasteiger partial charge in [0.1, 0.15) is 0 Å². The van der Waals surface area contributed by atoms with E-state index in [1.54, 1.807) is 12.1 Å². The molecular formula is C11H13NO2. The first kappa shape index (κ1) is 9.06. The van der Waals surface area contributed by atoms with Crippen LogP contribution in [0.4, 0.5) is 5.69 Å². The van der Waals surface area contributed by atoms with E-state index in [9.17, 15) is 4.79 Å². The Morgan fingerprint density at radius 3 is 2.71 bits per heavy atom. The van der Waals surface area contributed by atoms with Crippen LogP contribution in [-0.4, -0.2) is 11.1 Å². The van der Waals surface area contributed by atoms with E-state index in [1.807, 2.05) is 0 Å². The smallest absolute Gasteiger partial charge is 0.335 e. The summed E-state index contributed by atoms with van der Waals surface area (Å²) in [4.78, 5) is 10.8. The largest absolute Gasteiger partial charge is 0.478 e. The van der Waals surface area contributed by atoms with Crippen LogP contribution in [-0.2, 0) is 12.8 Å². The van der Waals surface area contributed by atoms with Gasteiger partial charge in [-0.15, -0.1) is 0 Å². The number of nitrogen functional groups attached to an aromatic ring is 1. The highest BCUT2D eigenvalue weighted by molar-refractivity contribution is 5.89. The number of benzene rings is 1. The number of fused-ring (bicyclic) bond motifs is 1. The molecule has 0 aliphatic heterocycles. The summed E-state index contributed by atoms with van der Waals surface area (Å²) < 4.78 is 0. The molecule has 0 heterocycles. The van der Waals surface area contributed by atoms with Gasteiger partial charge < -0.3 is 10.8 Å². The number of rotatable bonds is 1. The summed E-state index contributed by atoms with van der Waals surface area (Å²) in [5, 5.41) is 8.86. The Balaban J connectivity index is 2.51. The third-order valence-electron chi connectivity index (χ3n) is 2.75. The van der Waals surface area contributed by atoms with Crippen molar-refractivity contribution in [2.45, 2.75) is 25.7 Å². The average molecular weight is 191 g/mol. The number of hydrogen-bond acceptors (Lipinski definition) is 2. The fourth-order valence-corrected chi connectivity index (χ4v) is 2.03. The minimum atomic E-state index is -0.898. The quantitative estimate of drug-likeness (QED) is 0.666. The predicted molar refractivity (Wildman–Crippen MR) is 54.5 cm³/mol. The molecule has 0 saturated carbocycles. The Hall–Kier alpha value is -1.51. The number of aromatic carboxylic acids is 1. The standard InChI is InChI=1S/C11H13NO2/c12-10-6-8(11(13)14)5-7-3-1-2-4-9(7)10/h5-6H,1-4,12H2,(H,13,14). The van der Waals surface area contributed by atoms with Gasteiger partial charge in [0.15, 0.2) is 0 Å². The van der Waals surface area contributed by atoms with Crippen molar-refractivity contribution in [3.63, 3.8) is 0 Å². The van der Waals surface area contributed by atoms with Gasteiger partial charge in [0.05, 0.1) is 5.56 Å². The fraction of sp³-hybridized carbons (Fsp3) is 0.364. The summed E-state index contributed by atoms with van der Waals surface area (Å²) >= 11 is 0. The Labute approximate surface area is 82.5 Å². The van der Waals surface area contributed by atoms with Crippen LogP contribution in [0, 0.1) is 0 Å². The molecule has 3 heteroatoms. The summed E-state index contributed by atoms with van der Waals surface area (Å²) in [6, 6.07) is 3.32. The van der Waals surface area contributed by atoms with Crippen molar-refractivity contribution in [1.29, 1.82) is 0 Å². The van der Waals surface area contributed by atoms with Crippen LogP contribution in [0.2, 0.25) is 0 Å². The molecule has 0 bridgehead atoms. The molecule has 74 valence electrons. The van der Waals surface area contributed by atoms with Crippen molar-refractivity contribution in [2.75, 3.05) is 5.73 Å². The molecule has 14 heavy (non-hydrogen) atoms. The lowest BCUT2D eigenvalue weighted by atomic mass is 9.89. The Morgan fingerprint density at radius 2 is 2.00 bits per heavy atom. The van der Waals surface area contributed by atoms with Gasteiger partial charge in [-0.25, -0.2) is 4.79 Å². The van der Waals surface area contributed by atoms with Gasteiger partial charge in [-0.1, -0.05) is 0 Å². The van der Waals surface area contributed by atoms with Gasteiger partial charge >= 0.3 is 5.97 Å². The normalized spacial score (nSPS) is 14.9. The molecule has 0 unspecified atom stereocenters. The monoisotopic (exact) mass is 191 g/mol. The van der Waals surface area contributed by atoms with Gasteiger partial charge in [-0.3, -0.25) is 0 Å².